The van der Waals surface area contributed by atoms with Crippen molar-refractivity contribution in [3.63, 3.8) is 0 Å². The lowest BCUT2D eigenvalue weighted by atomic mass is 9.90. The molecule has 0 aliphatic carbocycles. The maximum absolute atomic E-state index is 5.07. The zero-order valence-electron chi connectivity index (χ0n) is 11.2. The van der Waals surface area contributed by atoms with Crippen LogP contribution in [0.5, 0.6) is 0 Å². The summed E-state index contributed by atoms with van der Waals surface area (Å²) in [6, 6.07) is 0.677. The van der Waals surface area contributed by atoms with Crippen molar-refractivity contribution in [1.29, 1.82) is 0 Å². The van der Waals surface area contributed by atoms with Crippen molar-refractivity contribution < 1.29 is 4.74 Å². The van der Waals surface area contributed by atoms with Crippen molar-refractivity contribution in [2.75, 3.05) is 40.4 Å². The number of nitrogens with zero attached hydrogens (tertiary/aromatic N) is 1. The van der Waals surface area contributed by atoms with Gasteiger partial charge in [0.25, 0.3) is 0 Å². The first-order chi connectivity index (χ1) is 7.77. The van der Waals surface area contributed by atoms with Crippen molar-refractivity contribution in [2.45, 2.75) is 38.6 Å². The number of likely N-dealkylation sites (tertiary alicyclic amines) is 1. The summed E-state index contributed by atoms with van der Waals surface area (Å²) in [7, 11) is 3.85. The van der Waals surface area contributed by atoms with Crippen LogP contribution in [0.2, 0.25) is 0 Å². The van der Waals surface area contributed by atoms with Gasteiger partial charge in [0, 0.05) is 19.8 Å². The lowest BCUT2D eigenvalue weighted by Gasteiger charge is -2.34. The van der Waals surface area contributed by atoms with Gasteiger partial charge in [0.2, 0.25) is 0 Å². The molecule has 0 spiro atoms. The van der Waals surface area contributed by atoms with Crippen molar-refractivity contribution >= 4 is 0 Å². The minimum absolute atomic E-state index is 0.677. The van der Waals surface area contributed by atoms with E-state index in [0.29, 0.717) is 6.04 Å². The Kier molecular flexibility index (Phi) is 7.01. The predicted octanol–water partition coefficient (Wildman–Crippen LogP) is 1.73. The molecule has 1 atom stereocenters. The second kappa shape index (κ2) is 8.04. The van der Waals surface area contributed by atoms with E-state index in [1.165, 1.54) is 45.3 Å². The molecule has 96 valence electrons. The van der Waals surface area contributed by atoms with E-state index < -0.39 is 0 Å². The van der Waals surface area contributed by atoms with Crippen LogP contribution < -0.4 is 5.32 Å². The molecule has 1 saturated heterocycles. The van der Waals surface area contributed by atoms with Crippen molar-refractivity contribution in [2.24, 2.45) is 5.92 Å². The number of unbranched alkanes of at least 4 members (excludes halogenated alkanes) is 1. The molecule has 0 amide bonds. The number of piperidine rings is 1. The van der Waals surface area contributed by atoms with E-state index in [2.05, 4.69) is 24.2 Å². The number of hydrogen-bond donors (Lipinski definition) is 1. The van der Waals surface area contributed by atoms with Crippen molar-refractivity contribution in [3.8, 4) is 0 Å². The third-order valence-corrected chi connectivity index (χ3v) is 3.87. The van der Waals surface area contributed by atoms with E-state index in [-0.39, 0.29) is 0 Å². The van der Waals surface area contributed by atoms with Crippen LogP contribution in [-0.4, -0.2) is 51.3 Å². The summed E-state index contributed by atoms with van der Waals surface area (Å²) in [6.07, 6.45) is 5.18. The molecule has 0 aromatic heterocycles. The highest BCUT2D eigenvalue weighted by atomic mass is 16.5. The highest BCUT2D eigenvalue weighted by Crippen LogP contribution is 2.20. The molecule has 16 heavy (non-hydrogen) atoms. The van der Waals surface area contributed by atoms with Crippen LogP contribution in [0.15, 0.2) is 0 Å². The first-order valence-corrected chi connectivity index (χ1v) is 6.66. The van der Waals surface area contributed by atoms with E-state index in [1.807, 2.05) is 0 Å². The molecular weight excluding hydrogens is 200 g/mol. The molecule has 1 N–H and O–H groups in total. The Hall–Kier alpha value is -0.120. The summed E-state index contributed by atoms with van der Waals surface area (Å²) in [5, 5.41) is 3.37. The SMILES string of the molecule is CNC(C)C1CCN(CCCCOC)CC1. The topological polar surface area (TPSA) is 24.5 Å². The summed E-state index contributed by atoms with van der Waals surface area (Å²) in [6.45, 7) is 7.03. The largest absolute Gasteiger partial charge is 0.385 e. The van der Waals surface area contributed by atoms with Crippen LogP contribution in [0.4, 0.5) is 0 Å². The minimum Gasteiger partial charge on any atom is -0.385 e. The Morgan fingerprint density at radius 1 is 1.31 bits per heavy atom. The van der Waals surface area contributed by atoms with Gasteiger partial charge in [0.05, 0.1) is 0 Å². The Morgan fingerprint density at radius 3 is 2.56 bits per heavy atom. The molecule has 0 saturated carbocycles. The average molecular weight is 228 g/mol. The lowest BCUT2D eigenvalue weighted by Crippen LogP contribution is -2.41. The van der Waals surface area contributed by atoms with Gasteiger partial charge >= 0.3 is 0 Å². The smallest absolute Gasteiger partial charge is 0.0462 e. The second-order valence-electron chi connectivity index (χ2n) is 4.96. The van der Waals surface area contributed by atoms with Crippen molar-refractivity contribution in [1.82, 2.24) is 10.2 Å². The molecule has 1 aliphatic heterocycles. The van der Waals surface area contributed by atoms with Gasteiger partial charge in [-0.25, -0.2) is 0 Å². The van der Waals surface area contributed by atoms with Crippen LogP contribution in [0.1, 0.15) is 32.6 Å². The van der Waals surface area contributed by atoms with Gasteiger partial charge in [-0.15, -0.1) is 0 Å². The van der Waals surface area contributed by atoms with E-state index in [0.717, 1.165) is 12.5 Å². The number of rotatable bonds is 7. The third-order valence-electron chi connectivity index (χ3n) is 3.87. The van der Waals surface area contributed by atoms with E-state index in [9.17, 15) is 0 Å². The molecule has 1 rings (SSSR count). The molecular formula is C13H28N2O. The molecule has 0 aromatic carbocycles. The number of nitrogens with one attached hydrogen (secondary N) is 1. The molecule has 1 aliphatic rings. The molecule has 0 aromatic rings. The van der Waals surface area contributed by atoms with Gasteiger partial charge in [-0.3, -0.25) is 0 Å². The fraction of sp³-hybridized carbons (Fsp3) is 1.00. The maximum atomic E-state index is 5.07. The number of ether oxygens (including phenoxy) is 1. The predicted molar refractivity (Wildman–Crippen MR) is 68.8 cm³/mol. The molecule has 1 heterocycles. The summed E-state index contributed by atoms with van der Waals surface area (Å²) < 4.78 is 5.07. The summed E-state index contributed by atoms with van der Waals surface area (Å²) in [5.41, 5.74) is 0. The highest BCUT2D eigenvalue weighted by Gasteiger charge is 2.22. The average Bonchev–Trinajstić information content (AvgIpc) is 2.34. The van der Waals surface area contributed by atoms with E-state index >= 15 is 0 Å². The van der Waals surface area contributed by atoms with Crippen LogP contribution in [0.3, 0.4) is 0 Å². The third kappa shape index (κ3) is 4.81. The van der Waals surface area contributed by atoms with Gasteiger partial charge < -0.3 is 15.0 Å². The zero-order valence-corrected chi connectivity index (χ0v) is 11.2. The first-order valence-electron chi connectivity index (χ1n) is 6.66. The molecule has 0 radical (unpaired) electrons. The minimum atomic E-state index is 0.677. The first kappa shape index (κ1) is 13.9. The van der Waals surface area contributed by atoms with E-state index in [4.69, 9.17) is 4.74 Å². The standard InChI is InChI=1S/C13H28N2O/c1-12(14-2)13-6-9-15(10-7-13)8-4-5-11-16-3/h12-14H,4-11H2,1-3H3. The zero-order chi connectivity index (χ0) is 11.8. The monoisotopic (exact) mass is 228 g/mol. The highest BCUT2D eigenvalue weighted by molar-refractivity contribution is 4.78. The summed E-state index contributed by atoms with van der Waals surface area (Å²) >= 11 is 0. The van der Waals surface area contributed by atoms with Gasteiger partial charge in [0.1, 0.15) is 0 Å². The fourth-order valence-corrected chi connectivity index (χ4v) is 2.49. The van der Waals surface area contributed by atoms with Crippen molar-refractivity contribution in [3.05, 3.63) is 0 Å². The summed E-state index contributed by atoms with van der Waals surface area (Å²) in [5.74, 6) is 0.875. The lowest BCUT2D eigenvalue weighted by molar-refractivity contribution is 0.151. The van der Waals surface area contributed by atoms with Gasteiger partial charge in [-0.1, -0.05) is 0 Å². The molecule has 3 heteroatoms. The fourth-order valence-electron chi connectivity index (χ4n) is 2.49. The van der Waals surface area contributed by atoms with Crippen LogP contribution >= 0.6 is 0 Å². The molecule has 3 nitrogen and oxygen atoms in total. The Morgan fingerprint density at radius 2 is 2.00 bits per heavy atom. The van der Waals surface area contributed by atoms with E-state index in [1.54, 1.807) is 7.11 Å². The Labute approximate surface area is 101 Å². The molecule has 0 bridgehead atoms. The van der Waals surface area contributed by atoms with Gasteiger partial charge in [-0.05, 0) is 65.2 Å². The maximum Gasteiger partial charge on any atom is 0.0462 e. The van der Waals surface area contributed by atoms with Crippen LogP contribution in [0.25, 0.3) is 0 Å². The Balaban J connectivity index is 2.07. The number of hydrogen-bond acceptors (Lipinski definition) is 3. The normalized spacial score (nSPS) is 21.2. The second-order valence-corrected chi connectivity index (χ2v) is 4.96. The van der Waals surface area contributed by atoms with Gasteiger partial charge in [-0.2, -0.15) is 0 Å². The molecule has 1 unspecified atom stereocenters. The van der Waals surface area contributed by atoms with Crippen LogP contribution in [0, 0.1) is 5.92 Å². The van der Waals surface area contributed by atoms with Gasteiger partial charge in [0.15, 0.2) is 0 Å². The van der Waals surface area contributed by atoms with Crippen LogP contribution in [-0.2, 0) is 4.74 Å². The summed E-state index contributed by atoms with van der Waals surface area (Å²) in [4.78, 5) is 2.61. The quantitative estimate of drug-likeness (QED) is 0.672. The Bertz CT molecular complexity index is 167. The molecule has 1 fully saturated rings. The number of methoxy groups -OCH3 is 1.